The van der Waals surface area contributed by atoms with Crippen molar-refractivity contribution in [3.63, 3.8) is 0 Å². The molecule has 0 spiro atoms. The molecule has 4 rings (SSSR count). The highest BCUT2D eigenvalue weighted by molar-refractivity contribution is 5.73. The summed E-state index contributed by atoms with van der Waals surface area (Å²) in [5, 5.41) is 0. The van der Waals surface area contributed by atoms with Crippen LogP contribution in [0.15, 0.2) is 24.3 Å². The first-order chi connectivity index (χ1) is 15.1. The highest BCUT2D eigenvalue weighted by Crippen LogP contribution is 2.42. The summed E-state index contributed by atoms with van der Waals surface area (Å²) < 4.78 is 18.9. The molecular formula is C25H38N2O4. The third kappa shape index (κ3) is 5.35. The van der Waals surface area contributed by atoms with E-state index in [1.54, 1.807) is 6.92 Å². The Morgan fingerprint density at radius 2 is 1.81 bits per heavy atom. The van der Waals surface area contributed by atoms with Crippen molar-refractivity contribution in [2.45, 2.75) is 70.7 Å². The van der Waals surface area contributed by atoms with Crippen LogP contribution in [0.25, 0.3) is 0 Å². The molecule has 172 valence electrons. The van der Waals surface area contributed by atoms with Gasteiger partial charge < -0.3 is 24.0 Å². The predicted octanol–water partition coefficient (Wildman–Crippen LogP) is 4.23. The Labute approximate surface area is 186 Å². The lowest BCUT2D eigenvalue weighted by atomic mass is 9.81. The van der Waals surface area contributed by atoms with Gasteiger partial charge in [-0.2, -0.15) is 0 Å². The van der Waals surface area contributed by atoms with Crippen LogP contribution in [-0.2, 0) is 14.3 Å². The number of benzene rings is 1. The van der Waals surface area contributed by atoms with Crippen LogP contribution in [0.5, 0.6) is 5.75 Å². The number of amides is 1. The molecule has 2 heterocycles. The first-order valence-electron chi connectivity index (χ1n) is 12.1. The van der Waals surface area contributed by atoms with E-state index in [0.717, 1.165) is 44.8 Å². The van der Waals surface area contributed by atoms with Gasteiger partial charge in [-0.25, -0.2) is 0 Å². The van der Waals surface area contributed by atoms with Crippen LogP contribution in [0.3, 0.4) is 0 Å². The minimum absolute atomic E-state index is 0.00666. The first kappa shape index (κ1) is 22.4. The first-order valence-corrected chi connectivity index (χ1v) is 12.1. The number of carbonyl (C=O) groups is 1. The molecule has 2 unspecified atom stereocenters. The summed E-state index contributed by atoms with van der Waals surface area (Å²) in [6, 6.07) is 8.27. The summed E-state index contributed by atoms with van der Waals surface area (Å²) in [7, 11) is 0. The molecule has 1 aromatic carbocycles. The molecule has 6 nitrogen and oxygen atoms in total. The van der Waals surface area contributed by atoms with Gasteiger partial charge in [0.15, 0.2) is 5.79 Å². The Morgan fingerprint density at radius 1 is 1.10 bits per heavy atom. The lowest BCUT2D eigenvalue weighted by Crippen LogP contribution is -2.48. The summed E-state index contributed by atoms with van der Waals surface area (Å²) >= 11 is 0. The van der Waals surface area contributed by atoms with E-state index in [2.05, 4.69) is 24.0 Å². The molecule has 2 aliphatic heterocycles. The van der Waals surface area contributed by atoms with Crippen LogP contribution in [0.2, 0.25) is 0 Å². The molecule has 1 saturated carbocycles. The Bertz CT molecular complexity index is 711. The largest absolute Gasteiger partial charge is 0.491 e. The zero-order valence-corrected chi connectivity index (χ0v) is 19.2. The van der Waals surface area contributed by atoms with Crippen molar-refractivity contribution in [3.05, 3.63) is 24.3 Å². The predicted molar refractivity (Wildman–Crippen MR) is 121 cm³/mol. The van der Waals surface area contributed by atoms with Crippen molar-refractivity contribution in [2.75, 3.05) is 44.3 Å². The van der Waals surface area contributed by atoms with Crippen LogP contribution in [0, 0.1) is 5.92 Å². The maximum absolute atomic E-state index is 11.5. The molecule has 0 bridgehead atoms. The third-order valence-electron chi connectivity index (χ3n) is 7.07. The molecule has 0 radical (unpaired) electrons. The Kier molecular flexibility index (Phi) is 7.39. The Balaban J connectivity index is 1.27. The topological polar surface area (TPSA) is 51.2 Å². The Hall–Kier alpha value is -1.79. The molecule has 3 fully saturated rings. The van der Waals surface area contributed by atoms with Crippen LogP contribution >= 0.6 is 0 Å². The van der Waals surface area contributed by atoms with E-state index < -0.39 is 5.79 Å². The quantitative estimate of drug-likeness (QED) is 0.648. The van der Waals surface area contributed by atoms with Crippen molar-refractivity contribution < 1.29 is 19.0 Å². The van der Waals surface area contributed by atoms with E-state index in [-0.39, 0.29) is 12.0 Å². The lowest BCUT2D eigenvalue weighted by molar-refractivity contribution is -0.217. The average molecular weight is 431 g/mol. The van der Waals surface area contributed by atoms with Gasteiger partial charge in [-0.05, 0) is 37.1 Å². The smallest absolute Gasteiger partial charge is 0.219 e. The van der Waals surface area contributed by atoms with Gasteiger partial charge in [0.05, 0.1) is 6.61 Å². The number of anilines is 1. The average Bonchev–Trinajstić information content (AvgIpc) is 3.23. The second-order valence-electron chi connectivity index (χ2n) is 9.25. The highest BCUT2D eigenvalue weighted by Gasteiger charge is 2.47. The van der Waals surface area contributed by atoms with Crippen molar-refractivity contribution in [1.82, 2.24) is 4.90 Å². The zero-order valence-electron chi connectivity index (χ0n) is 19.2. The molecular weight excluding hydrogens is 392 g/mol. The molecule has 1 aliphatic carbocycles. The van der Waals surface area contributed by atoms with E-state index >= 15 is 0 Å². The van der Waals surface area contributed by atoms with Gasteiger partial charge in [0.25, 0.3) is 0 Å². The normalized spacial score (nSPS) is 27.5. The number of carbonyl (C=O) groups excluding carboxylic acids is 1. The summed E-state index contributed by atoms with van der Waals surface area (Å²) in [6.45, 7) is 8.30. The van der Waals surface area contributed by atoms with E-state index in [0.29, 0.717) is 19.1 Å². The molecule has 31 heavy (non-hydrogen) atoms. The monoisotopic (exact) mass is 430 g/mol. The molecule has 6 heteroatoms. The van der Waals surface area contributed by atoms with Crippen LogP contribution < -0.4 is 9.64 Å². The van der Waals surface area contributed by atoms with Gasteiger partial charge in [-0.3, -0.25) is 4.79 Å². The maximum Gasteiger partial charge on any atom is 0.219 e. The second kappa shape index (κ2) is 10.2. The zero-order chi connectivity index (χ0) is 21.7. The van der Waals surface area contributed by atoms with E-state index in [4.69, 9.17) is 14.2 Å². The standard InChI is InChI=1S/C25H38N2O4/c1-3-13-25(21-7-5-4-6-8-21)30-19-24(31-25)18-29-23-11-9-22(10-12-23)27-16-14-26(15-17-27)20(2)28/h9-12,21,24H,3-8,13-19H2,1-2H3. The molecule has 0 aromatic heterocycles. The highest BCUT2D eigenvalue weighted by atomic mass is 16.8. The summed E-state index contributed by atoms with van der Waals surface area (Å²) in [5.41, 5.74) is 1.18. The van der Waals surface area contributed by atoms with Crippen LogP contribution in [-0.4, -0.2) is 62.1 Å². The summed E-state index contributed by atoms with van der Waals surface area (Å²) in [6.07, 6.45) is 8.40. The maximum atomic E-state index is 11.5. The van der Waals surface area contributed by atoms with Crippen molar-refractivity contribution in [2.24, 2.45) is 5.92 Å². The molecule has 1 aromatic rings. The molecule has 1 amide bonds. The van der Waals surface area contributed by atoms with Gasteiger partial charge >= 0.3 is 0 Å². The Morgan fingerprint density at radius 3 is 2.45 bits per heavy atom. The van der Waals surface area contributed by atoms with Gasteiger partial charge in [0.2, 0.25) is 5.91 Å². The fourth-order valence-corrected chi connectivity index (χ4v) is 5.33. The second-order valence-corrected chi connectivity index (χ2v) is 9.25. The van der Waals surface area contributed by atoms with Crippen molar-refractivity contribution in [3.8, 4) is 5.75 Å². The van der Waals surface area contributed by atoms with Crippen molar-refractivity contribution >= 4 is 11.6 Å². The van der Waals surface area contributed by atoms with E-state index in [9.17, 15) is 4.79 Å². The fraction of sp³-hybridized carbons (Fsp3) is 0.720. The number of ether oxygens (including phenoxy) is 3. The molecule has 0 N–H and O–H groups in total. The number of piperazine rings is 1. The molecule has 2 atom stereocenters. The van der Waals surface area contributed by atoms with Crippen molar-refractivity contribution in [1.29, 1.82) is 0 Å². The minimum Gasteiger partial charge on any atom is -0.491 e. The third-order valence-corrected chi connectivity index (χ3v) is 7.07. The lowest BCUT2D eigenvalue weighted by Gasteiger charge is -2.38. The fourth-order valence-electron chi connectivity index (χ4n) is 5.33. The van der Waals surface area contributed by atoms with Gasteiger partial charge in [0, 0.05) is 51.1 Å². The SMILES string of the molecule is CCCC1(C2CCCCC2)OCC(COc2ccc(N3CCN(C(C)=O)CC3)cc2)O1. The number of hydrogen-bond donors (Lipinski definition) is 0. The van der Waals surface area contributed by atoms with Gasteiger partial charge in [-0.1, -0.05) is 32.6 Å². The number of nitrogens with zero attached hydrogens (tertiary/aromatic N) is 2. The number of rotatable bonds is 7. The van der Waals surface area contributed by atoms with Gasteiger partial charge in [0.1, 0.15) is 18.5 Å². The van der Waals surface area contributed by atoms with Crippen LogP contribution in [0.1, 0.15) is 58.8 Å². The minimum atomic E-state index is -0.394. The summed E-state index contributed by atoms with van der Waals surface area (Å²) in [4.78, 5) is 15.7. The number of hydrogen-bond acceptors (Lipinski definition) is 5. The van der Waals surface area contributed by atoms with Crippen LogP contribution in [0.4, 0.5) is 5.69 Å². The van der Waals surface area contributed by atoms with E-state index in [1.807, 2.05) is 17.0 Å². The van der Waals surface area contributed by atoms with Gasteiger partial charge in [-0.15, -0.1) is 0 Å². The molecule has 2 saturated heterocycles. The van der Waals surface area contributed by atoms with E-state index in [1.165, 1.54) is 37.8 Å². The summed E-state index contributed by atoms with van der Waals surface area (Å²) in [5.74, 6) is 1.15. The molecule has 3 aliphatic rings.